The molecule has 0 aromatic heterocycles. The summed E-state index contributed by atoms with van der Waals surface area (Å²) in [6, 6.07) is 21.2. The Morgan fingerprint density at radius 3 is 1.41 bits per heavy atom. The van der Waals surface area contributed by atoms with Crippen molar-refractivity contribution >= 4 is 33.7 Å². The zero-order valence-electron chi connectivity index (χ0n) is 9.17. The molecule has 3 heteroatoms. The normalized spacial score (nSPS) is 15.3. The van der Waals surface area contributed by atoms with Crippen LogP contribution in [0.25, 0.3) is 9.81 Å². The molecule has 0 aliphatic carbocycles. The Morgan fingerprint density at radius 2 is 1.00 bits per heavy atom. The highest BCUT2D eigenvalue weighted by atomic mass is 32.2. The number of nitrogens with two attached hydrogens (primary N) is 1. The highest BCUT2D eigenvalue weighted by molar-refractivity contribution is 8.18. The third-order valence-electron chi connectivity index (χ3n) is 2.61. The van der Waals surface area contributed by atoms with Gasteiger partial charge < -0.3 is 0 Å². The summed E-state index contributed by atoms with van der Waals surface area (Å²) in [7, 11) is 0. The van der Waals surface area contributed by atoms with Crippen LogP contribution in [0.1, 0.15) is 11.1 Å². The van der Waals surface area contributed by atoms with Gasteiger partial charge in [-0.2, -0.15) is 0 Å². The summed E-state index contributed by atoms with van der Waals surface area (Å²) in [5, 5.41) is 0. The molecule has 1 nitrogen and oxygen atoms in total. The molecular weight excluding hydrogens is 246 g/mol. The fourth-order valence-electron chi connectivity index (χ4n) is 1.80. The maximum atomic E-state index is 2.20. The second kappa shape index (κ2) is 5.00. The molecule has 0 atom stereocenters. The first kappa shape index (κ1) is 11.0. The van der Waals surface area contributed by atoms with Crippen LogP contribution in [0.15, 0.2) is 60.7 Å². The van der Waals surface area contributed by atoms with Crippen molar-refractivity contribution < 1.29 is 4.13 Å². The highest BCUT2D eigenvalue weighted by Gasteiger charge is 2.24. The molecule has 17 heavy (non-hydrogen) atoms. The number of hydrogen-bond donors (Lipinski definition) is 1. The third kappa shape index (κ3) is 2.27. The standard InChI is InChI=1S/C14H11NS2/c1-3-7-11(8-4-1)13-14(17-15-16-13)12-9-5-2-6-10-12/h1-10,15H/p+1. The van der Waals surface area contributed by atoms with Crippen LogP contribution in [0.5, 0.6) is 0 Å². The van der Waals surface area contributed by atoms with Gasteiger partial charge in [0, 0.05) is 0 Å². The smallest absolute Gasteiger partial charge is 0.123 e. The van der Waals surface area contributed by atoms with Gasteiger partial charge in [-0.15, -0.1) is 0 Å². The monoisotopic (exact) mass is 258 g/mol. The molecule has 0 saturated heterocycles. The van der Waals surface area contributed by atoms with E-state index in [-0.39, 0.29) is 0 Å². The zero-order chi connectivity index (χ0) is 11.5. The van der Waals surface area contributed by atoms with Crippen molar-refractivity contribution in [1.29, 1.82) is 0 Å². The van der Waals surface area contributed by atoms with Gasteiger partial charge in [-0.25, -0.2) is 4.13 Å². The summed E-state index contributed by atoms with van der Waals surface area (Å²) in [6.45, 7) is 0. The molecule has 2 N–H and O–H groups in total. The molecule has 0 fully saturated rings. The molecule has 1 heterocycles. The number of benzene rings is 2. The number of rotatable bonds is 2. The van der Waals surface area contributed by atoms with Crippen LogP contribution < -0.4 is 4.13 Å². The first-order valence-electron chi connectivity index (χ1n) is 5.45. The van der Waals surface area contributed by atoms with Crippen molar-refractivity contribution in [3.63, 3.8) is 0 Å². The van der Waals surface area contributed by atoms with Crippen molar-refractivity contribution in [2.24, 2.45) is 0 Å². The van der Waals surface area contributed by atoms with Gasteiger partial charge in [0.1, 0.15) is 23.9 Å². The van der Waals surface area contributed by atoms with E-state index in [1.165, 1.54) is 20.9 Å². The van der Waals surface area contributed by atoms with Crippen LogP contribution in [0, 0.1) is 0 Å². The average Bonchev–Trinajstić information content (AvgIpc) is 2.90. The first-order chi connectivity index (χ1) is 8.45. The van der Waals surface area contributed by atoms with Gasteiger partial charge in [-0.1, -0.05) is 60.7 Å². The molecule has 2 aromatic carbocycles. The van der Waals surface area contributed by atoms with Gasteiger partial charge in [0.15, 0.2) is 0 Å². The van der Waals surface area contributed by atoms with E-state index in [9.17, 15) is 0 Å². The summed E-state index contributed by atoms with van der Waals surface area (Å²) >= 11 is 3.63. The van der Waals surface area contributed by atoms with Crippen LogP contribution in [-0.4, -0.2) is 0 Å². The van der Waals surface area contributed by atoms with Crippen LogP contribution in [0.2, 0.25) is 0 Å². The second-order valence-electron chi connectivity index (χ2n) is 3.72. The molecule has 84 valence electrons. The maximum Gasteiger partial charge on any atom is 0.123 e. The molecular formula is C14H12NS2+. The fourth-order valence-corrected chi connectivity index (χ4v) is 4.05. The topological polar surface area (TPSA) is 16.6 Å². The predicted octanol–water partition coefficient (Wildman–Crippen LogP) is 3.39. The summed E-state index contributed by atoms with van der Waals surface area (Å²) in [4.78, 5) is 2.73. The van der Waals surface area contributed by atoms with Gasteiger partial charge in [0.2, 0.25) is 0 Å². The maximum absolute atomic E-state index is 2.20. The minimum Gasteiger partial charge on any atom is -0.215 e. The number of hydrogen-bond acceptors (Lipinski definition) is 2. The SMILES string of the molecule is c1ccc(C2=C(c3ccccc3)S[NH2+]S2)cc1. The fraction of sp³-hybridized carbons (Fsp3) is 0. The summed E-state index contributed by atoms with van der Waals surface area (Å²) in [5.41, 5.74) is 2.61. The Hall–Kier alpha value is -1.16. The molecule has 3 rings (SSSR count). The summed E-state index contributed by atoms with van der Waals surface area (Å²) in [5.74, 6) is 0. The van der Waals surface area contributed by atoms with E-state index in [2.05, 4.69) is 64.8 Å². The molecule has 0 bridgehead atoms. The van der Waals surface area contributed by atoms with E-state index >= 15 is 0 Å². The molecule has 0 saturated carbocycles. The second-order valence-corrected chi connectivity index (χ2v) is 5.78. The molecule has 0 amide bonds. The number of quaternary nitrogens is 1. The van der Waals surface area contributed by atoms with Crippen molar-refractivity contribution in [3.05, 3.63) is 71.8 Å². The average molecular weight is 258 g/mol. The van der Waals surface area contributed by atoms with E-state index in [4.69, 9.17) is 0 Å². The lowest BCUT2D eigenvalue weighted by molar-refractivity contribution is -0.261. The highest BCUT2D eigenvalue weighted by Crippen LogP contribution is 2.41. The van der Waals surface area contributed by atoms with Crippen LogP contribution in [0.3, 0.4) is 0 Å². The molecule has 0 radical (unpaired) electrons. The lowest BCUT2D eigenvalue weighted by atomic mass is 10.1. The molecule has 0 unspecified atom stereocenters. The Kier molecular flexibility index (Phi) is 3.22. The zero-order valence-corrected chi connectivity index (χ0v) is 10.8. The summed E-state index contributed by atoms with van der Waals surface area (Å²) in [6.07, 6.45) is 0. The van der Waals surface area contributed by atoms with Gasteiger partial charge in [0.25, 0.3) is 0 Å². The Balaban J connectivity index is 2.08. The van der Waals surface area contributed by atoms with E-state index in [1.54, 1.807) is 0 Å². The van der Waals surface area contributed by atoms with Gasteiger partial charge in [-0.3, -0.25) is 0 Å². The Morgan fingerprint density at radius 1 is 0.588 bits per heavy atom. The van der Waals surface area contributed by atoms with Gasteiger partial charge in [-0.05, 0) is 11.1 Å². The Labute approximate surface area is 110 Å². The van der Waals surface area contributed by atoms with Gasteiger partial charge in [0.05, 0.1) is 9.81 Å². The largest absolute Gasteiger partial charge is 0.215 e. The molecule has 0 spiro atoms. The van der Waals surface area contributed by atoms with E-state index in [1.807, 2.05) is 23.9 Å². The Bertz CT molecular complexity index is 485. The first-order valence-corrected chi connectivity index (χ1v) is 7.21. The van der Waals surface area contributed by atoms with E-state index in [0.717, 1.165) is 0 Å². The van der Waals surface area contributed by atoms with Crippen molar-refractivity contribution in [3.8, 4) is 0 Å². The van der Waals surface area contributed by atoms with Crippen molar-refractivity contribution in [1.82, 2.24) is 0 Å². The van der Waals surface area contributed by atoms with Crippen LogP contribution in [-0.2, 0) is 0 Å². The lowest BCUT2D eigenvalue weighted by Crippen LogP contribution is -2.63. The minimum atomic E-state index is 1.30. The third-order valence-corrected chi connectivity index (χ3v) is 4.86. The predicted molar refractivity (Wildman–Crippen MR) is 76.8 cm³/mol. The van der Waals surface area contributed by atoms with Crippen molar-refractivity contribution in [2.75, 3.05) is 0 Å². The molecule has 1 aliphatic rings. The molecule has 1 aliphatic heterocycles. The van der Waals surface area contributed by atoms with Crippen molar-refractivity contribution in [2.45, 2.75) is 0 Å². The minimum absolute atomic E-state index is 1.30. The quantitative estimate of drug-likeness (QED) is 0.831. The van der Waals surface area contributed by atoms with Crippen LogP contribution >= 0.6 is 23.9 Å². The summed E-state index contributed by atoms with van der Waals surface area (Å²) < 4.78 is 2.20. The van der Waals surface area contributed by atoms with Crippen LogP contribution in [0.4, 0.5) is 0 Å². The van der Waals surface area contributed by atoms with E-state index in [0.29, 0.717) is 0 Å². The molecule has 2 aromatic rings. The lowest BCUT2D eigenvalue weighted by Gasteiger charge is -2.01. The van der Waals surface area contributed by atoms with E-state index < -0.39 is 0 Å². The van der Waals surface area contributed by atoms with Gasteiger partial charge >= 0.3 is 0 Å².